The van der Waals surface area contributed by atoms with Crippen LogP contribution >= 0.6 is 0 Å². The summed E-state index contributed by atoms with van der Waals surface area (Å²) >= 11 is 0. The Morgan fingerprint density at radius 1 is 1.19 bits per heavy atom. The van der Waals surface area contributed by atoms with Crippen molar-refractivity contribution in [2.75, 3.05) is 11.5 Å². The molecular formula is C14H21NO4S2. The molecule has 1 saturated heterocycles. The van der Waals surface area contributed by atoms with Gasteiger partial charge in [0.2, 0.25) is 10.0 Å². The molecular weight excluding hydrogens is 310 g/mol. The minimum atomic E-state index is -3.71. The van der Waals surface area contributed by atoms with Crippen LogP contribution in [0.25, 0.3) is 0 Å². The molecule has 0 radical (unpaired) electrons. The Morgan fingerprint density at radius 3 is 2.19 bits per heavy atom. The molecule has 0 aliphatic carbocycles. The number of benzene rings is 1. The third kappa shape index (κ3) is 3.84. The van der Waals surface area contributed by atoms with E-state index in [1.807, 2.05) is 13.8 Å². The van der Waals surface area contributed by atoms with Gasteiger partial charge in [0, 0.05) is 5.54 Å². The maximum atomic E-state index is 12.4. The number of hydrogen-bond donors (Lipinski definition) is 1. The van der Waals surface area contributed by atoms with Crippen molar-refractivity contribution in [2.45, 2.75) is 43.5 Å². The van der Waals surface area contributed by atoms with Gasteiger partial charge in [-0.2, -0.15) is 0 Å². The van der Waals surface area contributed by atoms with E-state index in [4.69, 9.17) is 0 Å². The molecule has 21 heavy (non-hydrogen) atoms. The molecule has 0 saturated carbocycles. The Labute approximate surface area is 126 Å². The second-order valence-electron chi connectivity index (χ2n) is 6.23. The molecule has 0 unspecified atom stereocenters. The monoisotopic (exact) mass is 331 g/mol. The van der Waals surface area contributed by atoms with Gasteiger partial charge in [0.1, 0.15) is 0 Å². The van der Waals surface area contributed by atoms with E-state index in [9.17, 15) is 16.8 Å². The fourth-order valence-corrected chi connectivity index (χ4v) is 6.13. The van der Waals surface area contributed by atoms with Crippen LogP contribution in [0.4, 0.5) is 0 Å². The highest BCUT2D eigenvalue weighted by Crippen LogP contribution is 2.26. The van der Waals surface area contributed by atoms with Crippen molar-refractivity contribution in [3.63, 3.8) is 0 Å². The first-order chi connectivity index (χ1) is 9.53. The molecule has 118 valence electrons. The summed E-state index contributed by atoms with van der Waals surface area (Å²) in [5.74, 6) is 0.203. The van der Waals surface area contributed by atoms with Gasteiger partial charge in [-0.05, 0) is 37.0 Å². The SMILES string of the molecule is CC(C)c1ccc(S(=O)(=O)N[C@]2(C)CCS(=O)(=O)C2)cc1. The topological polar surface area (TPSA) is 80.3 Å². The molecule has 0 bridgehead atoms. The molecule has 0 amide bonds. The van der Waals surface area contributed by atoms with Gasteiger partial charge in [-0.25, -0.2) is 21.6 Å². The molecule has 1 heterocycles. The Morgan fingerprint density at radius 2 is 1.76 bits per heavy atom. The van der Waals surface area contributed by atoms with Crippen LogP contribution in [0.1, 0.15) is 38.7 Å². The molecule has 0 spiro atoms. The van der Waals surface area contributed by atoms with E-state index in [0.29, 0.717) is 12.3 Å². The van der Waals surface area contributed by atoms with E-state index in [0.717, 1.165) is 5.56 Å². The van der Waals surface area contributed by atoms with Gasteiger partial charge in [-0.15, -0.1) is 0 Å². The molecule has 7 heteroatoms. The van der Waals surface area contributed by atoms with E-state index >= 15 is 0 Å². The summed E-state index contributed by atoms with van der Waals surface area (Å²) in [4.78, 5) is 0.164. The van der Waals surface area contributed by atoms with Crippen molar-refractivity contribution in [2.24, 2.45) is 0 Å². The lowest BCUT2D eigenvalue weighted by Crippen LogP contribution is -2.46. The summed E-state index contributed by atoms with van der Waals surface area (Å²) in [7, 11) is -6.86. The molecule has 1 aliphatic rings. The molecule has 2 rings (SSSR count). The van der Waals surface area contributed by atoms with Crippen molar-refractivity contribution < 1.29 is 16.8 Å². The van der Waals surface area contributed by atoms with Crippen LogP contribution in [0, 0.1) is 0 Å². The molecule has 5 nitrogen and oxygen atoms in total. The molecule has 1 aliphatic heterocycles. The highest BCUT2D eigenvalue weighted by Gasteiger charge is 2.41. The van der Waals surface area contributed by atoms with Crippen molar-refractivity contribution in [1.82, 2.24) is 4.72 Å². The third-order valence-corrected chi connectivity index (χ3v) is 7.30. The molecule has 1 fully saturated rings. The first-order valence-electron chi connectivity index (χ1n) is 6.87. The van der Waals surface area contributed by atoms with Crippen LogP contribution in [0.15, 0.2) is 29.2 Å². The highest BCUT2D eigenvalue weighted by molar-refractivity contribution is 7.92. The van der Waals surface area contributed by atoms with Gasteiger partial charge in [0.25, 0.3) is 0 Å². The molecule has 0 aromatic heterocycles. The molecule has 1 aromatic carbocycles. The second kappa shape index (κ2) is 5.37. The standard InChI is InChI=1S/C14H21NO4S2/c1-11(2)12-4-6-13(7-5-12)21(18,19)15-14(3)8-9-20(16,17)10-14/h4-7,11,15H,8-10H2,1-3H3/t14-/m1/s1. The minimum Gasteiger partial charge on any atom is -0.229 e. The summed E-state index contributed by atoms with van der Waals surface area (Å²) in [6.45, 7) is 5.70. The van der Waals surface area contributed by atoms with E-state index < -0.39 is 25.4 Å². The summed E-state index contributed by atoms with van der Waals surface area (Å²) < 4.78 is 50.4. The van der Waals surface area contributed by atoms with Gasteiger partial charge in [-0.3, -0.25) is 0 Å². The summed E-state index contributed by atoms with van der Waals surface area (Å²) in [6.07, 6.45) is 0.304. The number of rotatable bonds is 4. The van der Waals surface area contributed by atoms with Crippen molar-refractivity contribution in [1.29, 1.82) is 0 Å². The fourth-order valence-electron chi connectivity index (χ4n) is 2.51. The molecule has 1 atom stereocenters. The quantitative estimate of drug-likeness (QED) is 0.910. The first kappa shape index (κ1) is 16.5. The largest absolute Gasteiger partial charge is 0.241 e. The van der Waals surface area contributed by atoms with Crippen LogP contribution in [-0.4, -0.2) is 33.9 Å². The third-order valence-electron chi connectivity index (χ3n) is 3.74. The van der Waals surface area contributed by atoms with Gasteiger partial charge < -0.3 is 0 Å². The summed E-state index contributed by atoms with van der Waals surface area (Å²) in [6, 6.07) is 6.69. The van der Waals surface area contributed by atoms with Gasteiger partial charge in [0.05, 0.1) is 16.4 Å². The van der Waals surface area contributed by atoms with E-state index in [-0.39, 0.29) is 16.4 Å². The lowest BCUT2D eigenvalue weighted by atomic mass is 10.0. The predicted octanol–water partition coefficient (Wildman–Crippen LogP) is 1.67. The molecule has 1 N–H and O–H groups in total. The van der Waals surface area contributed by atoms with Crippen molar-refractivity contribution in [3.05, 3.63) is 29.8 Å². The van der Waals surface area contributed by atoms with E-state index in [1.54, 1.807) is 31.2 Å². The maximum Gasteiger partial charge on any atom is 0.241 e. The zero-order valence-electron chi connectivity index (χ0n) is 12.5. The highest BCUT2D eigenvalue weighted by atomic mass is 32.2. The average Bonchev–Trinajstić information content (AvgIpc) is 2.62. The maximum absolute atomic E-state index is 12.4. The van der Waals surface area contributed by atoms with Crippen molar-refractivity contribution in [3.8, 4) is 0 Å². The Bertz CT molecular complexity index is 721. The first-order valence-corrected chi connectivity index (χ1v) is 10.2. The minimum absolute atomic E-state index is 0.0261. The van der Waals surface area contributed by atoms with Crippen LogP contribution in [0.5, 0.6) is 0 Å². The Kier molecular flexibility index (Phi) is 4.21. The number of hydrogen-bond acceptors (Lipinski definition) is 4. The zero-order valence-corrected chi connectivity index (χ0v) is 14.1. The molecule has 1 aromatic rings. The second-order valence-corrected chi connectivity index (χ2v) is 10.1. The Balaban J connectivity index is 2.23. The van der Waals surface area contributed by atoms with Crippen molar-refractivity contribution >= 4 is 19.9 Å². The van der Waals surface area contributed by atoms with E-state index in [2.05, 4.69) is 4.72 Å². The summed E-state index contributed by atoms with van der Waals surface area (Å²) in [5, 5.41) is 0. The van der Waals surface area contributed by atoms with Gasteiger partial charge in [0.15, 0.2) is 9.84 Å². The van der Waals surface area contributed by atoms with Crippen LogP contribution in [0.3, 0.4) is 0 Å². The fraction of sp³-hybridized carbons (Fsp3) is 0.571. The van der Waals surface area contributed by atoms with E-state index in [1.165, 1.54) is 0 Å². The van der Waals surface area contributed by atoms with Gasteiger partial charge in [-0.1, -0.05) is 26.0 Å². The zero-order chi connectivity index (χ0) is 15.9. The Hall–Kier alpha value is -0.920. The van der Waals surface area contributed by atoms with Crippen LogP contribution in [0.2, 0.25) is 0 Å². The summed E-state index contributed by atoms with van der Waals surface area (Å²) in [5.41, 5.74) is 0.137. The number of sulfonamides is 1. The van der Waals surface area contributed by atoms with Crippen LogP contribution in [-0.2, 0) is 19.9 Å². The number of sulfone groups is 1. The average molecular weight is 331 g/mol. The lowest BCUT2D eigenvalue weighted by Gasteiger charge is -2.23. The van der Waals surface area contributed by atoms with Crippen LogP contribution < -0.4 is 4.72 Å². The smallest absolute Gasteiger partial charge is 0.229 e. The lowest BCUT2D eigenvalue weighted by molar-refractivity contribution is 0.462. The predicted molar refractivity (Wildman–Crippen MR) is 82.5 cm³/mol. The number of nitrogens with one attached hydrogen (secondary N) is 1. The normalized spacial score (nSPS) is 25.3. The van der Waals surface area contributed by atoms with Gasteiger partial charge >= 0.3 is 0 Å².